The third-order valence-electron chi connectivity index (χ3n) is 6.00. The molecule has 2 heterocycles. The molecular weight excluding hydrogens is 433 g/mol. The van der Waals surface area contributed by atoms with Crippen molar-refractivity contribution in [3.05, 3.63) is 90.7 Å². The van der Waals surface area contributed by atoms with Crippen molar-refractivity contribution in [2.45, 2.75) is 25.3 Å². The molecule has 34 heavy (non-hydrogen) atoms. The van der Waals surface area contributed by atoms with Gasteiger partial charge in [0.1, 0.15) is 29.5 Å². The van der Waals surface area contributed by atoms with E-state index >= 15 is 0 Å². The number of nitrogens with zero attached hydrogens (tertiary/aromatic N) is 3. The largest absolute Gasteiger partial charge is 0.457 e. The van der Waals surface area contributed by atoms with Gasteiger partial charge in [-0.05, 0) is 50.1 Å². The van der Waals surface area contributed by atoms with Gasteiger partial charge in [0.25, 0.3) is 0 Å². The van der Waals surface area contributed by atoms with Crippen LogP contribution >= 0.6 is 0 Å². The third kappa shape index (κ3) is 4.80. The molecule has 1 saturated heterocycles. The van der Waals surface area contributed by atoms with Crippen LogP contribution in [0.25, 0.3) is 0 Å². The molecule has 2 aromatic carbocycles. The number of para-hydroxylation sites is 1. The second-order valence-corrected chi connectivity index (χ2v) is 8.36. The summed E-state index contributed by atoms with van der Waals surface area (Å²) in [6, 6.07) is 13.5. The highest BCUT2D eigenvalue weighted by molar-refractivity contribution is 6.13. The molecule has 3 aromatic rings. The van der Waals surface area contributed by atoms with Crippen LogP contribution < -0.4 is 10.1 Å². The van der Waals surface area contributed by atoms with Gasteiger partial charge in [0, 0.05) is 30.9 Å². The average molecular weight is 460 g/mol. The van der Waals surface area contributed by atoms with Crippen molar-refractivity contribution < 1.29 is 13.9 Å². The third-order valence-corrected chi connectivity index (χ3v) is 6.00. The first kappa shape index (κ1) is 23.1. The van der Waals surface area contributed by atoms with E-state index in [4.69, 9.17) is 10.1 Å². The number of hydrogen-bond donors (Lipinski definition) is 2. The minimum atomic E-state index is -0.584. The van der Waals surface area contributed by atoms with Crippen LogP contribution in [0.2, 0.25) is 0 Å². The van der Waals surface area contributed by atoms with Gasteiger partial charge in [0.15, 0.2) is 0 Å². The molecular formula is C26H26FN5O2. The van der Waals surface area contributed by atoms with Crippen molar-refractivity contribution in [2.24, 2.45) is 0 Å². The molecule has 174 valence electrons. The Morgan fingerprint density at radius 2 is 2.06 bits per heavy atom. The number of rotatable bonds is 8. The van der Waals surface area contributed by atoms with E-state index in [-0.39, 0.29) is 17.2 Å². The maximum absolute atomic E-state index is 15.0. The number of anilines is 1. The summed E-state index contributed by atoms with van der Waals surface area (Å²) in [5.41, 5.74) is -0.00486. The number of halogens is 1. The first-order chi connectivity index (χ1) is 16.4. The molecule has 0 aliphatic carbocycles. The summed E-state index contributed by atoms with van der Waals surface area (Å²) in [7, 11) is 0. The van der Waals surface area contributed by atoms with Crippen molar-refractivity contribution >= 4 is 17.4 Å². The summed E-state index contributed by atoms with van der Waals surface area (Å²) in [5, 5.41) is 11.9. The minimum Gasteiger partial charge on any atom is -0.457 e. The molecule has 7 nitrogen and oxygen atoms in total. The van der Waals surface area contributed by atoms with Gasteiger partial charge in [-0.25, -0.2) is 14.4 Å². The second kappa shape index (κ2) is 9.82. The Morgan fingerprint density at radius 3 is 2.79 bits per heavy atom. The lowest BCUT2D eigenvalue weighted by atomic mass is 9.98. The van der Waals surface area contributed by atoms with E-state index in [2.05, 4.69) is 21.9 Å². The number of hydrogen-bond acceptors (Lipinski definition) is 6. The molecule has 1 aliphatic heterocycles. The highest BCUT2D eigenvalue weighted by atomic mass is 19.1. The number of carbonyl (C=O) groups is 1. The molecule has 0 unspecified atom stereocenters. The van der Waals surface area contributed by atoms with E-state index in [9.17, 15) is 9.18 Å². The van der Waals surface area contributed by atoms with Crippen LogP contribution in [0, 0.1) is 11.2 Å². The van der Waals surface area contributed by atoms with Gasteiger partial charge in [0.05, 0.1) is 16.8 Å². The molecule has 1 aliphatic rings. The molecule has 1 fully saturated rings. The molecule has 0 saturated carbocycles. The predicted octanol–water partition coefficient (Wildman–Crippen LogP) is 4.80. The van der Waals surface area contributed by atoms with Crippen LogP contribution in [0.4, 0.5) is 10.2 Å². The van der Waals surface area contributed by atoms with Crippen LogP contribution in [0.3, 0.4) is 0 Å². The van der Waals surface area contributed by atoms with Crippen LogP contribution in [0.15, 0.2) is 73.7 Å². The lowest BCUT2D eigenvalue weighted by molar-refractivity contribution is -0.129. The Kier molecular flexibility index (Phi) is 6.67. The minimum absolute atomic E-state index is 0.0533. The highest BCUT2D eigenvalue weighted by Crippen LogP contribution is 2.30. The summed E-state index contributed by atoms with van der Waals surface area (Å²) in [4.78, 5) is 22.4. The second-order valence-electron chi connectivity index (χ2n) is 8.36. The smallest absolute Gasteiger partial charge is 0.246 e. The molecule has 4 rings (SSSR count). The van der Waals surface area contributed by atoms with Gasteiger partial charge in [-0.2, -0.15) is 0 Å². The Morgan fingerprint density at radius 1 is 1.26 bits per heavy atom. The average Bonchev–Trinajstić information content (AvgIpc) is 3.24. The fraction of sp³-hybridized carbons (Fsp3) is 0.231. The summed E-state index contributed by atoms with van der Waals surface area (Å²) in [6.07, 6.45) is 5.90. The number of aromatic nitrogens is 2. The first-order valence-corrected chi connectivity index (χ1v) is 11.0. The molecule has 1 aromatic heterocycles. The number of benzene rings is 2. The van der Waals surface area contributed by atoms with Crippen molar-refractivity contribution in [1.29, 1.82) is 5.41 Å². The number of nitrogens with one attached hydrogen (secondary N) is 2. The Bertz CT molecular complexity index is 1220. The topological polar surface area (TPSA) is 91.2 Å². The standard InChI is InChI=1S/C26H26FN5O2/c1-3-23(33)32-13-7-12-26(32,2)16-30-25-21(15-29-17-31-25)24(28)20-11-10-19(14-22(20)27)34-18-8-5-4-6-9-18/h3-6,8-11,14-15,17,28H,1,7,12-13,16H2,2H3,(H,29,30,31)/t26-/m0/s1. The van der Waals surface area contributed by atoms with Gasteiger partial charge in [-0.3, -0.25) is 10.2 Å². The van der Waals surface area contributed by atoms with Gasteiger partial charge in [-0.1, -0.05) is 24.8 Å². The highest BCUT2D eigenvalue weighted by Gasteiger charge is 2.38. The van der Waals surface area contributed by atoms with E-state index in [1.165, 1.54) is 30.7 Å². The van der Waals surface area contributed by atoms with Gasteiger partial charge in [0.2, 0.25) is 5.91 Å². The van der Waals surface area contributed by atoms with Crippen molar-refractivity contribution in [1.82, 2.24) is 14.9 Å². The zero-order chi connectivity index (χ0) is 24.1. The number of carbonyl (C=O) groups excluding carboxylic acids is 1. The summed E-state index contributed by atoms with van der Waals surface area (Å²) in [6.45, 7) is 6.69. The van der Waals surface area contributed by atoms with E-state index in [1.807, 2.05) is 25.1 Å². The van der Waals surface area contributed by atoms with E-state index in [0.29, 0.717) is 36.0 Å². The van der Waals surface area contributed by atoms with Crippen molar-refractivity contribution in [3.8, 4) is 11.5 Å². The Balaban J connectivity index is 1.52. The van der Waals surface area contributed by atoms with E-state index < -0.39 is 11.4 Å². The predicted molar refractivity (Wildman–Crippen MR) is 129 cm³/mol. The van der Waals surface area contributed by atoms with Crippen LogP contribution in [-0.2, 0) is 4.79 Å². The van der Waals surface area contributed by atoms with Crippen molar-refractivity contribution in [2.75, 3.05) is 18.4 Å². The molecule has 0 spiro atoms. The summed E-state index contributed by atoms with van der Waals surface area (Å²) >= 11 is 0. The SMILES string of the molecule is C=CC(=O)N1CCC[C@@]1(C)CNc1ncncc1C(=N)c1ccc(Oc2ccccc2)cc1F. The number of ether oxygens (including phenoxy) is 1. The van der Waals surface area contributed by atoms with Gasteiger partial charge >= 0.3 is 0 Å². The lowest BCUT2D eigenvalue weighted by Crippen LogP contribution is -2.49. The van der Waals surface area contributed by atoms with Gasteiger partial charge in [-0.15, -0.1) is 0 Å². The fourth-order valence-corrected chi connectivity index (χ4v) is 4.15. The number of likely N-dealkylation sites (tertiary alicyclic amines) is 1. The van der Waals surface area contributed by atoms with E-state index in [0.717, 1.165) is 12.8 Å². The lowest BCUT2D eigenvalue weighted by Gasteiger charge is -2.35. The summed E-state index contributed by atoms with van der Waals surface area (Å²) in [5.74, 6) is 0.639. The maximum atomic E-state index is 15.0. The van der Waals surface area contributed by atoms with Crippen LogP contribution in [0.5, 0.6) is 11.5 Å². The molecule has 8 heteroatoms. The van der Waals surface area contributed by atoms with Crippen LogP contribution in [-0.4, -0.2) is 45.1 Å². The monoisotopic (exact) mass is 459 g/mol. The quantitative estimate of drug-likeness (QED) is 0.373. The molecule has 1 atom stereocenters. The normalized spacial score (nSPS) is 17.3. The Labute approximate surface area is 197 Å². The Hall–Kier alpha value is -4.07. The zero-order valence-corrected chi connectivity index (χ0v) is 18.9. The molecule has 2 N–H and O–H groups in total. The number of amides is 1. The van der Waals surface area contributed by atoms with Crippen LogP contribution in [0.1, 0.15) is 30.9 Å². The van der Waals surface area contributed by atoms with Crippen molar-refractivity contribution in [3.63, 3.8) is 0 Å². The summed E-state index contributed by atoms with van der Waals surface area (Å²) < 4.78 is 20.6. The fourth-order valence-electron chi connectivity index (χ4n) is 4.15. The zero-order valence-electron chi connectivity index (χ0n) is 18.9. The van der Waals surface area contributed by atoms with Gasteiger partial charge < -0.3 is 15.0 Å². The first-order valence-electron chi connectivity index (χ1n) is 11.0. The molecule has 0 bridgehead atoms. The van der Waals surface area contributed by atoms with E-state index in [1.54, 1.807) is 23.1 Å². The molecule has 1 amide bonds. The maximum Gasteiger partial charge on any atom is 0.246 e. The molecule has 0 radical (unpaired) electrons.